The highest BCUT2D eigenvalue weighted by Gasteiger charge is 2.37. The summed E-state index contributed by atoms with van der Waals surface area (Å²) in [6.45, 7) is 0.530. The third-order valence-electron chi connectivity index (χ3n) is 4.59. The summed E-state index contributed by atoms with van der Waals surface area (Å²) >= 11 is 0. The number of ether oxygens (including phenoxy) is 1. The molecule has 3 N–H and O–H groups in total. The number of aryl methyl sites for hydroxylation is 1. The molecular formula is C15H21N3O3. The number of piperidine rings is 1. The zero-order valence-corrected chi connectivity index (χ0v) is 12.2. The number of fused-ring (bicyclic) bond motifs is 2. The number of nitrogens with two attached hydrogens (primary N) is 1. The predicted molar refractivity (Wildman–Crippen MR) is 77.5 cm³/mol. The van der Waals surface area contributed by atoms with E-state index in [1.165, 1.54) is 7.11 Å². The lowest BCUT2D eigenvalue weighted by molar-refractivity contribution is -0.127. The zero-order valence-electron chi connectivity index (χ0n) is 12.2. The fraction of sp³-hybridized carbons (Fsp3) is 0.600. The molecule has 3 heterocycles. The Morgan fingerprint density at radius 2 is 2.24 bits per heavy atom. The molecule has 3 rings (SSSR count). The third-order valence-corrected chi connectivity index (χ3v) is 4.59. The third kappa shape index (κ3) is 2.61. The maximum absolute atomic E-state index is 12.8. The van der Waals surface area contributed by atoms with Gasteiger partial charge in [0.2, 0.25) is 0 Å². The molecule has 0 aromatic carbocycles. The summed E-state index contributed by atoms with van der Waals surface area (Å²) in [6, 6.07) is 3.65. The van der Waals surface area contributed by atoms with Crippen molar-refractivity contribution in [1.82, 2.24) is 9.88 Å². The second-order valence-corrected chi connectivity index (χ2v) is 5.84. The van der Waals surface area contributed by atoms with Gasteiger partial charge in [-0.1, -0.05) is 0 Å². The molecule has 2 aliphatic heterocycles. The quantitative estimate of drug-likeness (QED) is 0.787. The molecule has 21 heavy (non-hydrogen) atoms. The highest BCUT2D eigenvalue weighted by Crippen LogP contribution is 2.31. The van der Waals surface area contributed by atoms with Crippen LogP contribution in [0.4, 0.5) is 5.82 Å². The van der Waals surface area contributed by atoms with Crippen molar-refractivity contribution >= 4 is 11.7 Å². The van der Waals surface area contributed by atoms with E-state index < -0.39 is 6.29 Å². The fourth-order valence-corrected chi connectivity index (χ4v) is 3.39. The second kappa shape index (κ2) is 5.61. The number of hydrogen-bond acceptors (Lipinski definition) is 5. The van der Waals surface area contributed by atoms with E-state index >= 15 is 0 Å². The van der Waals surface area contributed by atoms with Gasteiger partial charge in [-0.2, -0.15) is 0 Å². The van der Waals surface area contributed by atoms with Crippen molar-refractivity contribution in [3.8, 4) is 0 Å². The summed E-state index contributed by atoms with van der Waals surface area (Å²) in [4.78, 5) is 18.9. The van der Waals surface area contributed by atoms with Crippen LogP contribution in [0.5, 0.6) is 0 Å². The van der Waals surface area contributed by atoms with Gasteiger partial charge in [0.25, 0.3) is 5.91 Å². The number of rotatable bonds is 2. The van der Waals surface area contributed by atoms with Crippen molar-refractivity contribution in [3.63, 3.8) is 0 Å². The van der Waals surface area contributed by atoms with E-state index in [4.69, 9.17) is 10.5 Å². The van der Waals surface area contributed by atoms with E-state index in [0.717, 1.165) is 31.4 Å². The average molecular weight is 291 g/mol. The van der Waals surface area contributed by atoms with Gasteiger partial charge in [-0.05, 0) is 37.8 Å². The van der Waals surface area contributed by atoms with Crippen molar-refractivity contribution < 1.29 is 14.6 Å². The minimum absolute atomic E-state index is 0.00648. The first-order valence-electron chi connectivity index (χ1n) is 7.37. The van der Waals surface area contributed by atoms with E-state index in [0.29, 0.717) is 17.9 Å². The number of hydrogen-bond donors (Lipinski definition) is 2. The summed E-state index contributed by atoms with van der Waals surface area (Å²) in [6.07, 6.45) is 2.61. The molecule has 2 aliphatic rings. The van der Waals surface area contributed by atoms with Crippen LogP contribution in [0.15, 0.2) is 12.1 Å². The summed E-state index contributed by atoms with van der Waals surface area (Å²) in [5, 5.41) is 9.87. The molecule has 114 valence electrons. The van der Waals surface area contributed by atoms with E-state index in [1.807, 2.05) is 4.90 Å². The Labute approximate surface area is 123 Å². The van der Waals surface area contributed by atoms with Crippen LogP contribution in [-0.4, -0.2) is 46.9 Å². The highest BCUT2D eigenvalue weighted by atomic mass is 16.6. The lowest BCUT2D eigenvalue weighted by Gasteiger charge is -2.39. The van der Waals surface area contributed by atoms with E-state index in [9.17, 15) is 9.90 Å². The van der Waals surface area contributed by atoms with Gasteiger partial charge in [-0.15, -0.1) is 0 Å². The molecule has 0 spiro atoms. The topological polar surface area (TPSA) is 88.7 Å². The molecule has 6 nitrogen and oxygen atoms in total. The van der Waals surface area contributed by atoms with Crippen molar-refractivity contribution in [1.29, 1.82) is 0 Å². The number of nitrogen functional groups attached to an aromatic ring is 1. The van der Waals surface area contributed by atoms with Crippen molar-refractivity contribution in [2.75, 3.05) is 19.4 Å². The smallest absolute Gasteiger partial charge is 0.255 e. The summed E-state index contributed by atoms with van der Waals surface area (Å²) < 4.78 is 5.01. The summed E-state index contributed by atoms with van der Waals surface area (Å²) in [5.74, 6) is 0.417. The first kappa shape index (κ1) is 14.3. The van der Waals surface area contributed by atoms with Gasteiger partial charge in [0, 0.05) is 25.6 Å². The molecule has 0 radical (unpaired) electrons. The molecular weight excluding hydrogens is 270 g/mol. The SMILES string of the molecule is COC(O)C1CCC2CCc3nc(N)ccc3C(=O)N2C1. The molecule has 3 unspecified atom stereocenters. The van der Waals surface area contributed by atoms with Crippen LogP contribution in [0.1, 0.15) is 35.3 Å². The Hall–Kier alpha value is -1.66. The normalized spacial score (nSPS) is 26.8. The zero-order chi connectivity index (χ0) is 15.0. The minimum Gasteiger partial charge on any atom is -0.384 e. The van der Waals surface area contributed by atoms with Gasteiger partial charge >= 0.3 is 0 Å². The van der Waals surface area contributed by atoms with Crippen LogP contribution in [0.25, 0.3) is 0 Å². The van der Waals surface area contributed by atoms with Crippen LogP contribution in [0.3, 0.4) is 0 Å². The standard InChI is InChI=1S/C15H21N3O3/c1-21-15(20)9-2-3-10-4-6-12-11(5-7-13(16)17-12)14(19)18(10)8-9/h5,7,9-10,15,20H,2-4,6,8H2,1H3,(H2,16,17). The lowest BCUT2D eigenvalue weighted by atomic mass is 9.90. The summed E-state index contributed by atoms with van der Waals surface area (Å²) in [5.41, 5.74) is 7.15. The van der Waals surface area contributed by atoms with Crippen LogP contribution < -0.4 is 5.73 Å². The number of methoxy groups -OCH3 is 1. The molecule has 6 heteroatoms. The molecule has 1 fully saturated rings. The molecule has 1 aromatic rings. The number of aliphatic hydroxyl groups is 1. The Kier molecular flexibility index (Phi) is 3.82. The van der Waals surface area contributed by atoms with Crippen LogP contribution in [0, 0.1) is 5.92 Å². The molecule has 1 amide bonds. The Morgan fingerprint density at radius 3 is 3.00 bits per heavy atom. The van der Waals surface area contributed by atoms with E-state index in [-0.39, 0.29) is 17.9 Å². The first-order chi connectivity index (χ1) is 10.1. The molecule has 0 bridgehead atoms. The van der Waals surface area contributed by atoms with Crippen molar-refractivity contribution in [3.05, 3.63) is 23.4 Å². The number of pyridine rings is 1. The van der Waals surface area contributed by atoms with Gasteiger partial charge in [0.1, 0.15) is 5.82 Å². The molecule has 0 saturated carbocycles. The Bertz CT molecular complexity index is 549. The molecule has 1 aromatic heterocycles. The predicted octanol–water partition coefficient (Wildman–Crippen LogP) is 0.796. The number of aliphatic hydroxyl groups excluding tert-OH is 1. The maximum Gasteiger partial charge on any atom is 0.255 e. The van der Waals surface area contributed by atoms with Gasteiger partial charge in [-0.3, -0.25) is 4.79 Å². The van der Waals surface area contributed by atoms with Gasteiger partial charge in [-0.25, -0.2) is 4.98 Å². The number of aromatic nitrogens is 1. The highest BCUT2D eigenvalue weighted by molar-refractivity contribution is 5.96. The van der Waals surface area contributed by atoms with E-state index in [1.54, 1.807) is 12.1 Å². The second-order valence-electron chi connectivity index (χ2n) is 5.84. The lowest BCUT2D eigenvalue weighted by Crippen LogP contribution is -2.49. The van der Waals surface area contributed by atoms with E-state index in [2.05, 4.69) is 4.98 Å². The van der Waals surface area contributed by atoms with Gasteiger partial charge < -0.3 is 20.5 Å². The number of carbonyl (C=O) groups excluding carboxylic acids is 1. The van der Waals surface area contributed by atoms with Crippen LogP contribution in [-0.2, 0) is 11.2 Å². The monoisotopic (exact) mass is 291 g/mol. The van der Waals surface area contributed by atoms with Crippen molar-refractivity contribution in [2.45, 2.75) is 38.0 Å². The Balaban J connectivity index is 1.87. The Morgan fingerprint density at radius 1 is 1.43 bits per heavy atom. The number of anilines is 1. The summed E-state index contributed by atoms with van der Waals surface area (Å²) in [7, 11) is 1.49. The maximum atomic E-state index is 12.8. The van der Waals surface area contributed by atoms with Crippen molar-refractivity contribution in [2.24, 2.45) is 5.92 Å². The van der Waals surface area contributed by atoms with Gasteiger partial charge in [0.15, 0.2) is 6.29 Å². The largest absolute Gasteiger partial charge is 0.384 e. The first-order valence-corrected chi connectivity index (χ1v) is 7.37. The average Bonchev–Trinajstić information content (AvgIpc) is 2.63. The van der Waals surface area contributed by atoms with Crippen LogP contribution >= 0.6 is 0 Å². The molecule has 1 saturated heterocycles. The molecule has 3 atom stereocenters. The number of carbonyl (C=O) groups is 1. The van der Waals surface area contributed by atoms with Gasteiger partial charge in [0.05, 0.1) is 11.3 Å². The molecule has 0 aliphatic carbocycles. The fourth-order valence-electron chi connectivity index (χ4n) is 3.39. The number of nitrogens with zero attached hydrogens (tertiary/aromatic N) is 2. The van der Waals surface area contributed by atoms with Crippen LogP contribution in [0.2, 0.25) is 0 Å². The minimum atomic E-state index is -0.814. The number of amides is 1.